The maximum Gasteiger partial charge on any atom is 0.331 e. The van der Waals surface area contributed by atoms with Gasteiger partial charge in [0.25, 0.3) is 0 Å². The van der Waals surface area contributed by atoms with E-state index in [1.54, 1.807) is 18.2 Å². The quantitative estimate of drug-likeness (QED) is 0.851. The zero-order valence-electron chi connectivity index (χ0n) is 11.1. The number of carbonyl (C=O) groups is 1. The summed E-state index contributed by atoms with van der Waals surface area (Å²) in [6, 6.07) is 5.55. The summed E-state index contributed by atoms with van der Waals surface area (Å²) < 4.78 is 24.1. The van der Waals surface area contributed by atoms with Crippen LogP contribution in [0.5, 0.6) is 0 Å². The zero-order chi connectivity index (χ0) is 13.8. The number of para-hydroxylation sites is 1. The Kier molecular flexibility index (Phi) is 4.37. The normalized spacial score (nSPS) is 23.9. The molecule has 19 heavy (non-hydrogen) atoms. The van der Waals surface area contributed by atoms with Gasteiger partial charge in [0, 0.05) is 0 Å². The van der Waals surface area contributed by atoms with E-state index in [-0.39, 0.29) is 17.9 Å². The standard InChI is InChI=1S/C14H18FNO3/c1-9-7-8-12(19-9)13(14(17)18-2)16-11-6-4-3-5-10(11)15/h3-6,9,12-13,16H,7-8H2,1-2H3. The van der Waals surface area contributed by atoms with E-state index < -0.39 is 17.8 Å². The van der Waals surface area contributed by atoms with Gasteiger partial charge in [-0.25, -0.2) is 9.18 Å². The van der Waals surface area contributed by atoms with Gasteiger partial charge in [-0.15, -0.1) is 0 Å². The molecule has 1 saturated heterocycles. The lowest BCUT2D eigenvalue weighted by atomic mass is 10.1. The molecule has 1 heterocycles. The van der Waals surface area contributed by atoms with Crippen LogP contribution in [0.1, 0.15) is 19.8 Å². The number of nitrogens with one attached hydrogen (secondary N) is 1. The molecule has 104 valence electrons. The Morgan fingerprint density at radius 2 is 2.21 bits per heavy atom. The fraction of sp³-hybridized carbons (Fsp3) is 0.500. The number of anilines is 1. The van der Waals surface area contributed by atoms with Gasteiger partial charge in [-0.05, 0) is 31.9 Å². The smallest absolute Gasteiger partial charge is 0.331 e. The molecule has 1 aromatic carbocycles. The molecular weight excluding hydrogens is 249 g/mol. The highest BCUT2D eigenvalue weighted by atomic mass is 19.1. The predicted molar refractivity (Wildman–Crippen MR) is 69.4 cm³/mol. The van der Waals surface area contributed by atoms with Gasteiger partial charge >= 0.3 is 5.97 Å². The summed E-state index contributed by atoms with van der Waals surface area (Å²) in [5.74, 6) is -0.843. The summed E-state index contributed by atoms with van der Waals surface area (Å²) in [6.45, 7) is 1.96. The molecule has 3 atom stereocenters. The number of benzene rings is 1. The van der Waals surface area contributed by atoms with E-state index in [0.717, 1.165) is 12.8 Å². The van der Waals surface area contributed by atoms with Crippen LogP contribution in [0.15, 0.2) is 24.3 Å². The number of methoxy groups -OCH3 is 1. The van der Waals surface area contributed by atoms with Crippen molar-refractivity contribution in [2.45, 2.75) is 38.0 Å². The minimum absolute atomic E-state index is 0.111. The van der Waals surface area contributed by atoms with Crippen molar-refractivity contribution < 1.29 is 18.7 Å². The van der Waals surface area contributed by atoms with E-state index in [4.69, 9.17) is 9.47 Å². The van der Waals surface area contributed by atoms with E-state index in [2.05, 4.69) is 5.32 Å². The monoisotopic (exact) mass is 267 g/mol. The molecule has 0 bridgehead atoms. The van der Waals surface area contributed by atoms with Gasteiger partial charge in [0.15, 0.2) is 6.04 Å². The van der Waals surface area contributed by atoms with Crippen LogP contribution >= 0.6 is 0 Å². The molecule has 0 saturated carbocycles. The molecule has 0 aromatic heterocycles. The maximum absolute atomic E-state index is 13.6. The van der Waals surface area contributed by atoms with E-state index >= 15 is 0 Å². The lowest BCUT2D eigenvalue weighted by Gasteiger charge is -2.23. The van der Waals surface area contributed by atoms with E-state index in [1.165, 1.54) is 13.2 Å². The Bertz CT molecular complexity index is 452. The SMILES string of the molecule is COC(=O)C(Nc1ccccc1F)C1CCC(C)O1. The molecule has 0 radical (unpaired) electrons. The molecule has 1 fully saturated rings. The molecule has 0 spiro atoms. The van der Waals surface area contributed by atoms with Crippen LogP contribution in [0.2, 0.25) is 0 Å². The third-order valence-corrected chi connectivity index (χ3v) is 3.28. The fourth-order valence-corrected chi connectivity index (χ4v) is 2.26. The molecule has 4 nitrogen and oxygen atoms in total. The third kappa shape index (κ3) is 3.23. The van der Waals surface area contributed by atoms with Gasteiger partial charge in [-0.1, -0.05) is 12.1 Å². The Hall–Kier alpha value is -1.62. The van der Waals surface area contributed by atoms with Crippen molar-refractivity contribution in [3.63, 3.8) is 0 Å². The number of hydrogen-bond acceptors (Lipinski definition) is 4. The molecule has 1 N–H and O–H groups in total. The lowest BCUT2D eigenvalue weighted by molar-refractivity contribution is -0.144. The van der Waals surface area contributed by atoms with Crippen molar-refractivity contribution in [2.24, 2.45) is 0 Å². The van der Waals surface area contributed by atoms with Crippen LogP contribution in [0.3, 0.4) is 0 Å². The summed E-state index contributed by atoms with van der Waals surface area (Å²) in [6.07, 6.45) is 1.46. The molecule has 1 aliphatic heterocycles. The fourth-order valence-electron chi connectivity index (χ4n) is 2.26. The second-order valence-electron chi connectivity index (χ2n) is 4.69. The summed E-state index contributed by atoms with van der Waals surface area (Å²) >= 11 is 0. The Balaban J connectivity index is 2.15. The topological polar surface area (TPSA) is 47.6 Å². The minimum atomic E-state index is -0.688. The maximum atomic E-state index is 13.6. The van der Waals surface area contributed by atoms with Crippen LogP contribution in [0, 0.1) is 5.82 Å². The van der Waals surface area contributed by atoms with Crippen molar-refractivity contribution >= 4 is 11.7 Å². The van der Waals surface area contributed by atoms with Crippen LogP contribution < -0.4 is 5.32 Å². The van der Waals surface area contributed by atoms with Crippen molar-refractivity contribution in [3.05, 3.63) is 30.1 Å². The van der Waals surface area contributed by atoms with Gasteiger partial charge in [-0.3, -0.25) is 0 Å². The second kappa shape index (κ2) is 6.02. The Labute approximate surface area is 111 Å². The number of esters is 1. The van der Waals surface area contributed by atoms with Crippen molar-refractivity contribution in [1.82, 2.24) is 0 Å². The van der Waals surface area contributed by atoms with Gasteiger partial charge in [0.05, 0.1) is 25.0 Å². The first kappa shape index (κ1) is 13.8. The first-order valence-corrected chi connectivity index (χ1v) is 6.36. The number of carbonyl (C=O) groups excluding carboxylic acids is 1. The predicted octanol–water partition coefficient (Wildman–Crippen LogP) is 2.35. The molecule has 0 aliphatic carbocycles. The molecule has 1 aromatic rings. The summed E-state index contributed by atoms with van der Waals surface area (Å²) in [5, 5.41) is 2.89. The molecule has 0 amide bonds. The van der Waals surface area contributed by atoms with Gasteiger partial charge < -0.3 is 14.8 Å². The van der Waals surface area contributed by atoms with Gasteiger partial charge in [0.1, 0.15) is 5.82 Å². The number of halogens is 1. The van der Waals surface area contributed by atoms with Crippen LogP contribution in [0.25, 0.3) is 0 Å². The third-order valence-electron chi connectivity index (χ3n) is 3.28. The molecule has 5 heteroatoms. The Morgan fingerprint density at radius 3 is 2.79 bits per heavy atom. The highest BCUT2D eigenvalue weighted by Gasteiger charge is 2.35. The largest absolute Gasteiger partial charge is 0.467 e. The van der Waals surface area contributed by atoms with Crippen LogP contribution in [-0.4, -0.2) is 31.3 Å². The van der Waals surface area contributed by atoms with E-state index in [1.807, 2.05) is 6.92 Å². The van der Waals surface area contributed by atoms with Gasteiger partial charge in [0.2, 0.25) is 0 Å². The minimum Gasteiger partial charge on any atom is -0.467 e. The number of ether oxygens (including phenoxy) is 2. The summed E-state index contributed by atoms with van der Waals surface area (Å²) in [4.78, 5) is 11.8. The lowest BCUT2D eigenvalue weighted by Crippen LogP contribution is -2.41. The highest BCUT2D eigenvalue weighted by molar-refractivity contribution is 5.80. The molecule has 1 aliphatic rings. The van der Waals surface area contributed by atoms with Crippen LogP contribution in [-0.2, 0) is 14.3 Å². The first-order chi connectivity index (χ1) is 9.11. The molecule has 2 rings (SSSR count). The van der Waals surface area contributed by atoms with Crippen LogP contribution in [0.4, 0.5) is 10.1 Å². The van der Waals surface area contributed by atoms with Crippen molar-refractivity contribution in [3.8, 4) is 0 Å². The molecular formula is C14H18FNO3. The van der Waals surface area contributed by atoms with E-state index in [0.29, 0.717) is 0 Å². The Morgan fingerprint density at radius 1 is 1.47 bits per heavy atom. The number of hydrogen-bond donors (Lipinski definition) is 1. The second-order valence-corrected chi connectivity index (χ2v) is 4.69. The van der Waals surface area contributed by atoms with Gasteiger partial charge in [-0.2, -0.15) is 0 Å². The van der Waals surface area contributed by atoms with Crippen molar-refractivity contribution in [1.29, 1.82) is 0 Å². The van der Waals surface area contributed by atoms with Crippen molar-refractivity contribution in [2.75, 3.05) is 12.4 Å². The highest BCUT2D eigenvalue weighted by Crippen LogP contribution is 2.25. The van der Waals surface area contributed by atoms with E-state index in [9.17, 15) is 9.18 Å². The zero-order valence-corrected chi connectivity index (χ0v) is 11.1. The summed E-state index contributed by atoms with van der Waals surface area (Å²) in [7, 11) is 1.32. The molecule has 3 unspecified atom stereocenters. The average Bonchev–Trinajstić information content (AvgIpc) is 2.83. The first-order valence-electron chi connectivity index (χ1n) is 6.36. The summed E-state index contributed by atoms with van der Waals surface area (Å²) in [5.41, 5.74) is 0.279. The number of rotatable bonds is 4. The average molecular weight is 267 g/mol.